The van der Waals surface area contributed by atoms with Crippen molar-refractivity contribution in [3.63, 3.8) is 0 Å². The first-order valence-corrected chi connectivity index (χ1v) is 13.2. The highest BCUT2D eigenvalue weighted by Gasteiger charge is 2.25. The van der Waals surface area contributed by atoms with Crippen LogP contribution < -0.4 is 19.6 Å². The highest BCUT2D eigenvalue weighted by molar-refractivity contribution is 5.93. The molecular weight excluding hydrogens is 530 g/mol. The van der Waals surface area contributed by atoms with Crippen LogP contribution in [0.3, 0.4) is 0 Å². The van der Waals surface area contributed by atoms with Crippen molar-refractivity contribution in [1.82, 2.24) is 4.57 Å². The number of benzene rings is 3. The number of aliphatic hydroxyl groups is 1. The lowest BCUT2D eigenvalue weighted by atomic mass is 9.97. The van der Waals surface area contributed by atoms with Crippen molar-refractivity contribution in [2.75, 3.05) is 20.0 Å². The summed E-state index contributed by atoms with van der Waals surface area (Å²) in [4.78, 5) is 38.3. The molecule has 1 aliphatic rings. The van der Waals surface area contributed by atoms with Gasteiger partial charge in [0.15, 0.2) is 16.9 Å². The number of nitrogens with zero attached hydrogens (tertiary/aromatic N) is 1. The molecule has 10 heteroatoms. The average molecular weight is 560 g/mol. The van der Waals surface area contributed by atoms with Crippen LogP contribution in [0.2, 0.25) is 0 Å². The number of hydrogen-bond donors (Lipinski definition) is 3. The van der Waals surface area contributed by atoms with Crippen molar-refractivity contribution in [3.05, 3.63) is 98.3 Å². The van der Waals surface area contributed by atoms with Gasteiger partial charge in [0, 0.05) is 36.9 Å². The van der Waals surface area contributed by atoms with E-state index in [2.05, 4.69) is 0 Å². The number of aromatic carboxylic acids is 2. The van der Waals surface area contributed by atoms with E-state index in [1.54, 1.807) is 34.9 Å². The van der Waals surface area contributed by atoms with Crippen LogP contribution in [0.15, 0.2) is 59.4 Å². The summed E-state index contributed by atoms with van der Waals surface area (Å²) < 4.78 is 18.4. The first-order valence-electron chi connectivity index (χ1n) is 13.2. The Bertz CT molecular complexity index is 1710. The SMILES string of the molecule is CCc1cc2c(cc1Cn1c(C(=O)O)c(Cc3cccc(C(=O)O)c3)c(=O)c3cc(OCCCO)ccc31)OCO2. The molecule has 4 aromatic rings. The molecule has 0 amide bonds. The van der Waals surface area contributed by atoms with Gasteiger partial charge in [-0.1, -0.05) is 19.1 Å². The van der Waals surface area contributed by atoms with Crippen LogP contribution in [-0.2, 0) is 19.4 Å². The van der Waals surface area contributed by atoms with Crippen LogP contribution in [0.4, 0.5) is 0 Å². The monoisotopic (exact) mass is 559 g/mol. The second kappa shape index (κ2) is 11.7. The largest absolute Gasteiger partial charge is 0.493 e. The molecule has 10 nitrogen and oxygen atoms in total. The van der Waals surface area contributed by atoms with E-state index in [1.807, 2.05) is 19.1 Å². The van der Waals surface area contributed by atoms with E-state index in [1.165, 1.54) is 12.1 Å². The van der Waals surface area contributed by atoms with Gasteiger partial charge in [0.25, 0.3) is 0 Å². The van der Waals surface area contributed by atoms with Gasteiger partial charge in [-0.3, -0.25) is 4.79 Å². The lowest BCUT2D eigenvalue weighted by molar-refractivity contribution is 0.0677. The number of aromatic nitrogens is 1. The second-order valence-corrected chi connectivity index (χ2v) is 9.66. The second-order valence-electron chi connectivity index (χ2n) is 9.66. The predicted molar refractivity (Wildman–Crippen MR) is 150 cm³/mol. The molecule has 212 valence electrons. The molecule has 0 fully saturated rings. The van der Waals surface area contributed by atoms with Gasteiger partial charge in [0.05, 0.1) is 17.7 Å². The van der Waals surface area contributed by atoms with E-state index in [4.69, 9.17) is 19.3 Å². The maximum Gasteiger partial charge on any atom is 0.352 e. The Hall–Kier alpha value is -4.83. The summed E-state index contributed by atoms with van der Waals surface area (Å²) in [5.41, 5.74) is 2.04. The van der Waals surface area contributed by atoms with E-state index >= 15 is 0 Å². The number of fused-ring (bicyclic) bond motifs is 2. The predicted octanol–water partition coefficient (Wildman–Crippen LogP) is 4.09. The number of aliphatic hydroxyl groups excluding tert-OH is 1. The van der Waals surface area contributed by atoms with Crippen molar-refractivity contribution < 1.29 is 39.1 Å². The van der Waals surface area contributed by atoms with Crippen LogP contribution in [0.1, 0.15) is 56.4 Å². The fraction of sp³-hybridized carbons (Fsp3) is 0.258. The summed E-state index contributed by atoms with van der Waals surface area (Å²) in [6.07, 6.45) is 0.981. The van der Waals surface area contributed by atoms with Crippen LogP contribution in [-0.4, -0.2) is 51.8 Å². The molecule has 1 aromatic heterocycles. The molecule has 1 aliphatic heterocycles. The summed E-state index contributed by atoms with van der Waals surface area (Å²) in [7, 11) is 0. The number of pyridine rings is 1. The Morgan fingerprint density at radius 1 is 0.976 bits per heavy atom. The number of aryl methyl sites for hydroxylation is 1. The number of hydrogen-bond acceptors (Lipinski definition) is 7. The van der Waals surface area contributed by atoms with E-state index in [-0.39, 0.29) is 55.2 Å². The fourth-order valence-electron chi connectivity index (χ4n) is 5.09. The number of carboxylic acid groups (broad SMARTS) is 2. The third kappa shape index (κ3) is 5.59. The zero-order valence-corrected chi connectivity index (χ0v) is 22.4. The van der Waals surface area contributed by atoms with E-state index in [0.717, 1.165) is 11.1 Å². The normalized spacial score (nSPS) is 12.0. The molecule has 0 aliphatic carbocycles. The number of carbonyl (C=O) groups is 2. The summed E-state index contributed by atoms with van der Waals surface area (Å²) in [6.45, 7) is 2.42. The lowest BCUT2D eigenvalue weighted by Crippen LogP contribution is -2.25. The van der Waals surface area contributed by atoms with Crippen molar-refractivity contribution in [2.45, 2.75) is 32.7 Å². The van der Waals surface area contributed by atoms with Crippen LogP contribution in [0.25, 0.3) is 10.9 Å². The van der Waals surface area contributed by atoms with E-state index < -0.39 is 17.4 Å². The van der Waals surface area contributed by atoms with Crippen LogP contribution in [0.5, 0.6) is 17.2 Å². The molecule has 41 heavy (non-hydrogen) atoms. The molecule has 0 saturated heterocycles. The van der Waals surface area contributed by atoms with Gasteiger partial charge in [-0.15, -0.1) is 0 Å². The molecule has 3 aromatic carbocycles. The van der Waals surface area contributed by atoms with E-state index in [9.17, 15) is 24.6 Å². The highest BCUT2D eigenvalue weighted by atomic mass is 16.7. The Balaban J connectivity index is 1.73. The maximum atomic E-state index is 13.9. The fourth-order valence-corrected chi connectivity index (χ4v) is 5.09. The molecule has 0 spiro atoms. The maximum absolute atomic E-state index is 13.9. The number of rotatable bonds is 11. The number of ether oxygens (including phenoxy) is 3. The first-order chi connectivity index (χ1) is 19.8. The van der Waals surface area contributed by atoms with Gasteiger partial charge in [0.1, 0.15) is 11.4 Å². The van der Waals surface area contributed by atoms with Crippen LogP contribution >= 0.6 is 0 Å². The molecule has 0 atom stereocenters. The summed E-state index contributed by atoms with van der Waals surface area (Å²) in [6, 6.07) is 14.7. The van der Waals surface area contributed by atoms with Crippen LogP contribution in [0, 0.1) is 0 Å². The Morgan fingerprint density at radius 3 is 2.41 bits per heavy atom. The summed E-state index contributed by atoms with van der Waals surface area (Å²) in [5, 5.41) is 29.3. The van der Waals surface area contributed by atoms with E-state index in [0.29, 0.717) is 41.2 Å². The number of carboxylic acids is 2. The third-order valence-electron chi connectivity index (χ3n) is 7.07. The molecule has 2 heterocycles. The minimum absolute atomic E-state index is 0.0267. The van der Waals surface area contributed by atoms with Crippen molar-refractivity contribution in [1.29, 1.82) is 0 Å². The average Bonchev–Trinajstić information content (AvgIpc) is 3.42. The third-order valence-corrected chi connectivity index (χ3v) is 7.07. The van der Waals surface area contributed by atoms with Gasteiger partial charge in [0.2, 0.25) is 6.79 Å². The highest BCUT2D eigenvalue weighted by Crippen LogP contribution is 2.36. The minimum atomic E-state index is -1.28. The van der Waals surface area contributed by atoms with Gasteiger partial charge >= 0.3 is 11.9 Å². The molecule has 3 N–H and O–H groups in total. The molecule has 0 saturated carbocycles. The van der Waals surface area contributed by atoms with Crippen molar-refractivity contribution in [2.24, 2.45) is 0 Å². The molecule has 0 radical (unpaired) electrons. The Morgan fingerprint density at radius 2 is 1.73 bits per heavy atom. The smallest absolute Gasteiger partial charge is 0.352 e. The minimum Gasteiger partial charge on any atom is -0.493 e. The van der Waals surface area contributed by atoms with Gasteiger partial charge in [-0.2, -0.15) is 0 Å². The quantitative estimate of drug-likeness (QED) is 0.231. The zero-order chi connectivity index (χ0) is 29.1. The molecule has 0 unspecified atom stereocenters. The summed E-state index contributed by atoms with van der Waals surface area (Å²) >= 11 is 0. The first kappa shape index (κ1) is 27.7. The molecular formula is C31H29NO9. The van der Waals surface area contributed by atoms with Gasteiger partial charge < -0.3 is 34.1 Å². The van der Waals surface area contributed by atoms with Gasteiger partial charge in [-0.25, -0.2) is 9.59 Å². The molecule has 0 bridgehead atoms. The zero-order valence-electron chi connectivity index (χ0n) is 22.4. The Kier molecular flexibility index (Phi) is 7.93. The van der Waals surface area contributed by atoms with Gasteiger partial charge in [-0.05, 0) is 65.6 Å². The van der Waals surface area contributed by atoms with Crippen molar-refractivity contribution >= 4 is 22.8 Å². The standard InChI is InChI=1S/C31H29NO9/c1-2-19-13-26-27(41-17-40-26)14-21(19)16-32-25-8-7-22(39-10-4-9-33)15-23(25)29(34)24(28(32)31(37)38)12-18-5-3-6-20(11-18)30(35)36/h3,5-8,11,13-15,33H,2,4,9-10,12,16-17H2,1H3,(H,35,36)(H,37,38). The Labute approximate surface area is 235 Å². The molecule has 5 rings (SSSR count). The topological polar surface area (TPSA) is 145 Å². The summed E-state index contributed by atoms with van der Waals surface area (Å²) in [5.74, 6) is -0.813. The lowest BCUT2D eigenvalue weighted by Gasteiger charge is -2.20. The van der Waals surface area contributed by atoms with Crippen molar-refractivity contribution in [3.8, 4) is 17.2 Å².